The molecule has 4 heteroatoms. The molecular formula is C15H23N3O. The Labute approximate surface area is 115 Å². The van der Waals surface area contributed by atoms with Gasteiger partial charge in [0, 0.05) is 43.1 Å². The van der Waals surface area contributed by atoms with Crippen LogP contribution in [0.1, 0.15) is 30.6 Å². The van der Waals surface area contributed by atoms with Crippen molar-refractivity contribution in [3.63, 3.8) is 0 Å². The predicted molar refractivity (Wildman–Crippen MR) is 79.8 cm³/mol. The molecule has 1 aromatic rings. The smallest absolute Gasteiger partial charge is 0.161 e. The maximum Gasteiger partial charge on any atom is 0.161 e. The fourth-order valence-electron chi connectivity index (χ4n) is 2.59. The molecule has 0 aliphatic carbocycles. The molecule has 0 bridgehead atoms. The molecule has 1 aliphatic rings. The molecule has 0 saturated carbocycles. The van der Waals surface area contributed by atoms with Crippen molar-refractivity contribution >= 4 is 17.2 Å². The summed E-state index contributed by atoms with van der Waals surface area (Å²) in [7, 11) is 0. The second kappa shape index (κ2) is 6.06. The van der Waals surface area contributed by atoms with E-state index in [1.165, 1.54) is 13.0 Å². The fraction of sp³-hybridized carbons (Fsp3) is 0.533. The minimum Gasteiger partial charge on any atom is -0.398 e. The molecule has 0 unspecified atom stereocenters. The zero-order chi connectivity index (χ0) is 13.8. The molecule has 0 spiro atoms. The number of hydrogen-bond acceptors (Lipinski definition) is 4. The molecule has 19 heavy (non-hydrogen) atoms. The van der Waals surface area contributed by atoms with Crippen molar-refractivity contribution in [2.75, 3.05) is 43.4 Å². The highest BCUT2D eigenvalue weighted by molar-refractivity contribution is 6.00. The Balaban J connectivity index is 2.07. The third-order valence-electron chi connectivity index (χ3n) is 3.69. The largest absolute Gasteiger partial charge is 0.398 e. The van der Waals surface area contributed by atoms with Gasteiger partial charge >= 0.3 is 0 Å². The lowest BCUT2D eigenvalue weighted by Gasteiger charge is -2.36. The molecule has 4 nitrogen and oxygen atoms in total. The summed E-state index contributed by atoms with van der Waals surface area (Å²) in [6.07, 6.45) is 1.20. The lowest BCUT2D eigenvalue weighted by Crippen LogP contribution is -2.46. The Bertz CT molecular complexity index is 451. The number of hydrogen-bond donors (Lipinski definition) is 1. The highest BCUT2D eigenvalue weighted by Crippen LogP contribution is 2.22. The van der Waals surface area contributed by atoms with E-state index in [0.29, 0.717) is 11.3 Å². The normalized spacial score (nSPS) is 16.6. The van der Waals surface area contributed by atoms with Crippen LogP contribution in [0.25, 0.3) is 0 Å². The monoisotopic (exact) mass is 261 g/mol. The lowest BCUT2D eigenvalue weighted by molar-refractivity contribution is 0.101. The van der Waals surface area contributed by atoms with Crippen LogP contribution < -0.4 is 10.6 Å². The van der Waals surface area contributed by atoms with Gasteiger partial charge in [-0.2, -0.15) is 0 Å². The standard InChI is InChI=1S/C15H23N3O/c1-3-6-17-7-9-18(10-8-17)13-4-5-15(16)14(11-13)12(2)19/h4-5,11H,3,6-10,16H2,1-2H3. The highest BCUT2D eigenvalue weighted by Gasteiger charge is 2.17. The maximum atomic E-state index is 11.5. The van der Waals surface area contributed by atoms with Crippen LogP contribution in [0.3, 0.4) is 0 Å². The summed E-state index contributed by atoms with van der Waals surface area (Å²) < 4.78 is 0. The molecule has 2 rings (SSSR count). The minimum absolute atomic E-state index is 0.0315. The number of carbonyl (C=O) groups excluding carboxylic acids is 1. The van der Waals surface area contributed by atoms with Crippen LogP contribution in [-0.4, -0.2) is 43.4 Å². The second-order valence-corrected chi connectivity index (χ2v) is 5.16. The Morgan fingerprint density at radius 2 is 1.95 bits per heavy atom. The molecule has 1 saturated heterocycles. The molecule has 0 radical (unpaired) electrons. The summed E-state index contributed by atoms with van der Waals surface area (Å²) in [5.41, 5.74) is 8.14. The van der Waals surface area contributed by atoms with Gasteiger partial charge in [-0.15, -0.1) is 0 Å². The van der Waals surface area contributed by atoms with Crippen molar-refractivity contribution in [1.82, 2.24) is 4.90 Å². The number of nitrogens with two attached hydrogens (primary N) is 1. The van der Waals surface area contributed by atoms with Crippen LogP contribution in [0.5, 0.6) is 0 Å². The molecule has 0 amide bonds. The average molecular weight is 261 g/mol. The third-order valence-corrected chi connectivity index (χ3v) is 3.69. The number of benzene rings is 1. The van der Waals surface area contributed by atoms with Crippen molar-refractivity contribution in [2.24, 2.45) is 0 Å². The Kier molecular flexibility index (Phi) is 4.43. The van der Waals surface area contributed by atoms with Crippen LogP contribution in [0.4, 0.5) is 11.4 Å². The first kappa shape index (κ1) is 13.9. The van der Waals surface area contributed by atoms with Crippen molar-refractivity contribution in [3.05, 3.63) is 23.8 Å². The summed E-state index contributed by atoms with van der Waals surface area (Å²) in [6, 6.07) is 5.77. The fourth-order valence-corrected chi connectivity index (χ4v) is 2.59. The van der Waals surface area contributed by atoms with E-state index >= 15 is 0 Å². The SMILES string of the molecule is CCCN1CCN(c2ccc(N)c(C(C)=O)c2)CC1. The summed E-state index contributed by atoms with van der Waals surface area (Å²) >= 11 is 0. The van der Waals surface area contributed by atoms with Crippen LogP contribution >= 0.6 is 0 Å². The van der Waals surface area contributed by atoms with E-state index in [4.69, 9.17) is 5.73 Å². The van der Waals surface area contributed by atoms with Crippen molar-refractivity contribution in [1.29, 1.82) is 0 Å². The summed E-state index contributed by atoms with van der Waals surface area (Å²) in [6.45, 7) is 9.16. The number of nitrogens with zero attached hydrogens (tertiary/aromatic N) is 2. The average Bonchev–Trinajstić information content (AvgIpc) is 2.40. The van der Waals surface area contributed by atoms with Crippen LogP contribution in [-0.2, 0) is 0 Å². The van der Waals surface area contributed by atoms with Gasteiger partial charge in [-0.05, 0) is 38.1 Å². The van der Waals surface area contributed by atoms with Crippen molar-refractivity contribution < 1.29 is 4.79 Å². The number of piperazine rings is 1. The number of nitrogen functional groups attached to an aromatic ring is 1. The van der Waals surface area contributed by atoms with Gasteiger partial charge in [-0.25, -0.2) is 0 Å². The van der Waals surface area contributed by atoms with Gasteiger partial charge in [0.25, 0.3) is 0 Å². The predicted octanol–water partition coefficient (Wildman–Crippen LogP) is 2.00. The van der Waals surface area contributed by atoms with E-state index in [2.05, 4.69) is 16.7 Å². The first-order valence-electron chi connectivity index (χ1n) is 6.99. The van der Waals surface area contributed by atoms with E-state index in [-0.39, 0.29) is 5.78 Å². The van der Waals surface area contributed by atoms with Crippen molar-refractivity contribution in [3.8, 4) is 0 Å². The summed E-state index contributed by atoms with van der Waals surface area (Å²) in [4.78, 5) is 16.3. The molecule has 2 N–H and O–H groups in total. The third kappa shape index (κ3) is 3.26. The highest BCUT2D eigenvalue weighted by atomic mass is 16.1. The topological polar surface area (TPSA) is 49.6 Å². The molecule has 1 aromatic carbocycles. The summed E-state index contributed by atoms with van der Waals surface area (Å²) in [5, 5.41) is 0. The number of Topliss-reactive ketones (excluding diaryl/α,β-unsaturated/α-hetero) is 1. The van der Waals surface area contributed by atoms with Gasteiger partial charge in [-0.3, -0.25) is 9.69 Å². The molecule has 1 heterocycles. The zero-order valence-corrected chi connectivity index (χ0v) is 11.9. The van der Waals surface area contributed by atoms with E-state index in [1.807, 2.05) is 18.2 Å². The Hall–Kier alpha value is -1.55. The van der Waals surface area contributed by atoms with E-state index in [9.17, 15) is 4.79 Å². The number of ketones is 1. The zero-order valence-electron chi connectivity index (χ0n) is 11.9. The van der Waals surface area contributed by atoms with E-state index in [0.717, 1.165) is 31.9 Å². The van der Waals surface area contributed by atoms with Gasteiger partial charge in [-0.1, -0.05) is 6.92 Å². The molecular weight excluding hydrogens is 238 g/mol. The van der Waals surface area contributed by atoms with Gasteiger partial charge in [0.05, 0.1) is 0 Å². The quantitative estimate of drug-likeness (QED) is 0.665. The van der Waals surface area contributed by atoms with E-state index in [1.54, 1.807) is 6.92 Å². The lowest BCUT2D eigenvalue weighted by atomic mass is 10.1. The van der Waals surface area contributed by atoms with Crippen molar-refractivity contribution in [2.45, 2.75) is 20.3 Å². The first-order chi connectivity index (χ1) is 9.11. The molecule has 104 valence electrons. The van der Waals surface area contributed by atoms with Crippen LogP contribution in [0.2, 0.25) is 0 Å². The first-order valence-corrected chi connectivity index (χ1v) is 6.99. The minimum atomic E-state index is 0.0315. The molecule has 0 aromatic heterocycles. The molecule has 0 atom stereocenters. The molecule has 1 fully saturated rings. The Morgan fingerprint density at radius 3 is 2.53 bits per heavy atom. The number of rotatable bonds is 4. The molecule has 1 aliphatic heterocycles. The summed E-state index contributed by atoms with van der Waals surface area (Å²) in [5.74, 6) is 0.0315. The Morgan fingerprint density at radius 1 is 1.26 bits per heavy atom. The van der Waals surface area contributed by atoms with Crippen LogP contribution in [0, 0.1) is 0 Å². The number of carbonyl (C=O) groups is 1. The van der Waals surface area contributed by atoms with Gasteiger partial charge in [0.1, 0.15) is 0 Å². The van der Waals surface area contributed by atoms with Gasteiger partial charge < -0.3 is 10.6 Å². The van der Waals surface area contributed by atoms with Gasteiger partial charge in [0.2, 0.25) is 0 Å². The van der Waals surface area contributed by atoms with E-state index < -0.39 is 0 Å². The maximum absolute atomic E-state index is 11.5. The van der Waals surface area contributed by atoms with Crippen LogP contribution in [0.15, 0.2) is 18.2 Å². The number of anilines is 2. The second-order valence-electron chi connectivity index (χ2n) is 5.16. The van der Waals surface area contributed by atoms with Gasteiger partial charge in [0.15, 0.2) is 5.78 Å².